The molecule has 2 heterocycles. The largest absolute Gasteiger partial charge is 0.423 e. The normalized spacial score (nSPS) is 11.2. The fraction of sp³-hybridized carbons (Fsp3) is 0.250. The Balaban J connectivity index is 2.16. The van der Waals surface area contributed by atoms with Crippen molar-refractivity contribution in [2.45, 2.75) is 27.3 Å². The van der Waals surface area contributed by atoms with E-state index in [9.17, 15) is 4.79 Å². The average molecular weight is 268 g/mol. The van der Waals surface area contributed by atoms with Crippen LogP contribution in [0.4, 0.5) is 0 Å². The van der Waals surface area contributed by atoms with Crippen LogP contribution in [0.1, 0.15) is 22.6 Å². The second-order valence-corrected chi connectivity index (χ2v) is 5.15. The van der Waals surface area contributed by atoms with E-state index in [1.807, 2.05) is 49.7 Å². The molecule has 0 spiro atoms. The topological polar surface area (TPSA) is 48.0 Å². The van der Waals surface area contributed by atoms with Gasteiger partial charge in [0.05, 0.1) is 5.69 Å². The Hall–Kier alpha value is -2.36. The summed E-state index contributed by atoms with van der Waals surface area (Å²) in [6.07, 6.45) is 1.99. The molecule has 0 aliphatic rings. The standard InChI is InChI=1S/C16H16N2O2/c1-10-4-5-14-13(7-16(19)20-15(14)6-10)9-18-8-11(2)17-12(18)3/h4-8H,9H2,1-3H3. The summed E-state index contributed by atoms with van der Waals surface area (Å²) in [4.78, 5) is 16.1. The summed E-state index contributed by atoms with van der Waals surface area (Å²) in [6.45, 7) is 6.53. The molecule has 4 nitrogen and oxygen atoms in total. The van der Waals surface area contributed by atoms with E-state index in [1.165, 1.54) is 0 Å². The predicted octanol–water partition coefficient (Wildman–Crippen LogP) is 2.96. The smallest absolute Gasteiger partial charge is 0.336 e. The molecule has 0 saturated heterocycles. The molecule has 2 aromatic heterocycles. The van der Waals surface area contributed by atoms with Crippen LogP contribution in [-0.2, 0) is 6.54 Å². The minimum Gasteiger partial charge on any atom is -0.423 e. The van der Waals surface area contributed by atoms with Gasteiger partial charge in [-0.05, 0) is 38.0 Å². The SMILES string of the molecule is Cc1ccc2c(Cn3cc(C)nc3C)cc(=O)oc2c1. The fourth-order valence-electron chi connectivity index (χ4n) is 2.48. The number of imidazole rings is 1. The third-order valence-electron chi connectivity index (χ3n) is 3.42. The molecule has 0 saturated carbocycles. The van der Waals surface area contributed by atoms with Crippen molar-refractivity contribution >= 4 is 11.0 Å². The minimum absolute atomic E-state index is 0.312. The number of benzene rings is 1. The molecule has 0 radical (unpaired) electrons. The van der Waals surface area contributed by atoms with Gasteiger partial charge in [-0.2, -0.15) is 0 Å². The van der Waals surface area contributed by atoms with Crippen LogP contribution in [0.5, 0.6) is 0 Å². The number of fused-ring (bicyclic) bond motifs is 1. The number of aryl methyl sites for hydroxylation is 3. The monoisotopic (exact) mass is 268 g/mol. The minimum atomic E-state index is -0.312. The predicted molar refractivity (Wildman–Crippen MR) is 78.0 cm³/mol. The van der Waals surface area contributed by atoms with Crippen LogP contribution >= 0.6 is 0 Å². The summed E-state index contributed by atoms with van der Waals surface area (Å²) in [5.41, 5.74) is 3.34. The molecule has 102 valence electrons. The Morgan fingerprint density at radius 3 is 2.70 bits per heavy atom. The van der Waals surface area contributed by atoms with E-state index < -0.39 is 0 Å². The first kappa shape index (κ1) is 12.7. The molecule has 0 aliphatic heterocycles. The first-order chi connectivity index (χ1) is 9.52. The third-order valence-corrected chi connectivity index (χ3v) is 3.42. The number of hydrogen-bond donors (Lipinski definition) is 0. The van der Waals surface area contributed by atoms with E-state index in [2.05, 4.69) is 4.98 Å². The highest BCUT2D eigenvalue weighted by atomic mass is 16.4. The maximum absolute atomic E-state index is 11.7. The third kappa shape index (κ3) is 2.25. The molecule has 3 aromatic rings. The zero-order chi connectivity index (χ0) is 14.3. The van der Waals surface area contributed by atoms with Crippen LogP contribution in [0.15, 0.2) is 39.7 Å². The van der Waals surface area contributed by atoms with Crippen molar-refractivity contribution in [1.29, 1.82) is 0 Å². The highest BCUT2D eigenvalue weighted by molar-refractivity contribution is 5.80. The lowest BCUT2D eigenvalue weighted by molar-refractivity contribution is 0.557. The van der Waals surface area contributed by atoms with Crippen molar-refractivity contribution in [2.75, 3.05) is 0 Å². The van der Waals surface area contributed by atoms with Crippen molar-refractivity contribution < 1.29 is 4.42 Å². The van der Waals surface area contributed by atoms with Gasteiger partial charge < -0.3 is 8.98 Å². The highest BCUT2D eigenvalue weighted by Crippen LogP contribution is 2.20. The van der Waals surface area contributed by atoms with Crippen LogP contribution in [0.2, 0.25) is 0 Å². The van der Waals surface area contributed by atoms with Gasteiger partial charge in [-0.1, -0.05) is 12.1 Å². The van der Waals surface area contributed by atoms with Gasteiger partial charge in [0.25, 0.3) is 0 Å². The van der Waals surface area contributed by atoms with Crippen LogP contribution < -0.4 is 5.63 Å². The van der Waals surface area contributed by atoms with Crippen molar-refractivity contribution in [3.63, 3.8) is 0 Å². The maximum atomic E-state index is 11.7. The molecule has 0 unspecified atom stereocenters. The molecule has 0 N–H and O–H groups in total. The number of rotatable bonds is 2. The Labute approximate surface area is 116 Å². The molecule has 0 amide bonds. The van der Waals surface area contributed by atoms with Gasteiger partial charge in [-0.15, -0.1) is 0 Å². The molecule has 4 heteroatoms. The zero-order valence-corrected chi connectivity index (χ0v) is 11.8. The molecule has 0 fully saturated rings. The second-order valence-electron chi connectivity index (χ2n) is 5.15. The lowest BCUT2D eigenvalue weighted by Crippen LogP contribution is -2.06. The van der Waals surface area contributed by atoms with E-state index in [0.29, 0.717) is 12.1 Å². The number of hydrogen-bond acceptors (Lipinski definition) is 3. The van der Waals surface area contributed by atoms with Gasteiger partial charge in [0.1, 0.15) is 11.4 Å². The molecular formula is C16H16N2O2. The Morgan fingerprint density at radius 1 is 1.20 bits per heavy atom. The van der Waals surface area contributed by atoms with Crippen molar-refractivity contribution in [3.05, 3.63) is 63.5 Å². The van der Waals surface area contributed by atoms with E-state index in [0.717, 1.165) is 28.0 Å². The first-order valence-corrected chi connectivity index (χ1v) is 6.57. The lowest BCUT2D eigenvalue weighted by Gasteiger charge is -2.08. The van der Waals surface area contributed by atoms with Crippen LogP contribution in [0.3, 0.4) is 0 Å². The van der Waals surface area contributed by atoms with Gasteiger partial charge in [-0.25, -0.2) is 9.78 Å². The molecule has 20 heavy (non-hydrogen) atoms. The summed E-state index contributed by atoms with van der Waals surface area (Å²) in [5.74, 6) is 0.941. The summed E-state index contributed by atoms with van der Waals surface area (Å²) < 4.78 is 7.32. The number of aromatic nitrogens is 2. The van der Waals surface area contributed by atoms with Crippen LogP contribution in [-0.4, -0.2) is 9.55 Å². The van der Waals surface area contributed by atoms with E-state index in [4.69, 9.17) is 4.42 Å². The zero-order valence-electron chi connectivity index (χ0n) is 11.8. The van der Waals surface area contributed by atoms with Gasteiger partial charge in [0.15, 0.2) is 0 Å². The van der Waals surface area contributed by atoms with Gasteiger partial charge in [0.2, 0.25) is 0 Å². The van der Waals surface area contributed by atoms with Gasteiger partial charge in [0, 0.05) is 24.2 Å². The fourth-order valence-corrected chi connectivity index (χ4v) is 2.48. The highest BCUT2D eigenvalue weighted by Gasteiger charge is 2.08. The summed E-state index contributed by atoms with van der Waals surface area (Å²) in [6, 6.07) is 7.48. The lowest BCUT2D eigenvalue weighted by atomic mass is 10.1. The van der Waals surface area contributed by atoms with Gasteiger partial charge >= 0.3 is 5.63 Å². The molecular weight excluding hydrogens is 252 g/mol. The summed E-state index contributed by atoms with van der Waals surface area (Å²) in [5, 5.41) is 0.973. The quantitative estimate of drug-likeness (QED) is 0.671. The van der Waals surface area contributed by atoms with Crippen LogP contribution in [0, 0.1) is 20.8 Å². The first-order valence-electron chi connectivity index (χ1n) is 6.57. The molecule has 3 rings (SSSR count). The molecule has 0 aliphatic carbocycles. The Bertz CT molecular complexity index is 843. The summed E-state index contributed by atoms with van der Waals surface area (Å²) in [7, 11) is 0. The molecule has 0 atom stereocenters. The van der Waals surface area contributed by atoms with Crippen molar-refractivity contribution in [2.24, 2.45) is 0 Å². The Kier molecular flexibility index (Phi) is 2.93. The maximum Gasteiger partial charge on any atom is 0.336 e. The van der Waals surface area contributed by atoms with E-state index in [-0.39, 0.29) is 5.63 Å². The van der Waals surface area contributed by atoms with E-state index >= 15 is 0 Å². The molecule has 0 bridgehead atoms. The molecule has 1 aromatic carbocycles. The van der Waals surface area contributed by atoms with Crippen molar-refractivity contribution in [3.8, 4) is 0 Å². The van der Waals surface area contributed by atoms with Crippen molar-refractivity contribution in [1.82, 2.24) is 9.55 Å². The second kappa shape index (κ2) is 4.63. The van der Waals surface area contributed by atoms with Gasteiger partial charge in [-0.3, -0.25) is 0 Å². The summed E-state index contributed by atoms with van der Waals surface area (Å²) >= 11 is 0. The average Bonchev–Trinajstić information content (AvgIpc) is 2.67. The van der Waals surface area contributed by atoms with E-state index in [1.54, 1.807) is 6.07 Å². The number of nitrogens with zero attached hydrogens (tertiary/aromatic N) is 2. The van der Waals surface area contributed by atoms with Crippen LogP contribution in [0.25, 0.3) is 11.0 Å². The Morgan fingerprint density at radius 2 is 2.00 bits per heavy atom.